The smallest absolute Gasteiger partial charge is 0.252 e. The van der Waals surface area contributed by atoms with Gasteiger partial charge in [0.25, 0.3) is 5.91 Å². The van der Waals surface area contributed by atoms with Gasteiger partial charge in [0, 0.05) is 19.1 Å². The molecule has 3 aliphatic rings. The number of carbonyl (C=O) groups is 1. The monoisotopic (exact) mass is 380 g/mol. The van der Waals surface area contributed by atoms with Crippen LogP contribution in [0, 0.1) is 0 Å². The average molecular weight is 381 g/mol. The normalized spacial score (nSPS) is 25.7. The summed E-state index contributed by atoms with van der Waals surface area (Å²) in [4.78, 5) is 13.1. The Balaban J connectivity index is 0.00000196. The Labute approximate surface area is 161 Å². The fraction of sp³-hybridized carbons (Fsp3) is 0.650. The number of amides is 1. The number of hydrogen-bond donors (Lipinski definition) is 2. The molecule has 0 aromatic heterocycles. The first-order valence-electron chi connectivity index (χ1n) is 9.51. The van der Waals surface area contributed by atoms with Crippen molar-refractivity contribution in [2.75, 3.05) is 20.2 Å². The van der Waals surface area contributed by atoms with Crippen LogP contribution in [-0.4, -0.2) is 37.3 Å². The second-order valence-corrected chi connectivity index (χ2v) is 7.71. The summed E-state index contributed by atoms with van der Waals surface area (Å²) >= 11 is 0. The van der Waals surface area contributed by atoms with Crippen molar-refractivity contribution in [3.63, 3.8) is 0 Å². The Morgan fingerprint density at radius 3 is 2.58 bits per heavy atom. The van der Waals surface area contributed by atoms with E-state index in [4.69, 9.17) is 9.47 Å². The third kappa shape index (κ3) is 3.45. The van der Waals surface area contributed by atoms with E-state index >= 15 is 0 Å². The maximum absolute atomic E-state index is 13.1. The van der Waals surface area contributed by atoms with Crippen LogP contribution in [-0.2, 0) is 9.53 Å². The van der Waals surface area contributed by atoms with Crippen LogP contribution in [0.1, 0.15) is 56.6 Å². The van der Waals surface area contributed by atoms with Crippen molar-refractivity contribution in [3.05, 3.63) is 29.8 Å². The van der Waals surface area contributed by atoms with Crippen LogP contribution < -0.4 is 15.4 Å². The topological polar surface area (TPSA) is 59.6 Å². The molecule has 1 spiro atoms. The van der Waals surface area contributed by atoms with Crippen molar-refractivity contribution < 1.29 is 14.3 Å². The SMILES string of the molecule is COC1(C(=O)NC2CC3(CCCC3)Oc3ccccc32)CCNCC1.Cl. The van der Waals surface area contributed by atoms with Crippen LogP contribution in [0.15, 0.2) is 24.3 Å². The Bertz CT molecular complexity index is 640. The van der Waals surface area contributed by atoms with E-state index in [1.54, 1.807) is 7.11 Å². The molecule has 26 heavy (non-hydrogen) atoms. The van der Waals surface area contributed by atoms with Gasteiger partial charge < -0.3 is 20.1 Å². The molecule has 5 nitrogen and oxygen atoms in total. The van der Waals surface area contributed by atoms with E-state index in [0.29, 0.717) is 12.8 Å². The lowest BCUT2D eigenvalue weighted by molar-refractivity contribution is -0.148. The number of fused-ring (bicyclic) bond motifs is 1. The predicted molar refractivity (Wildman–Crippen MR) is 103 cm³/mol. The zero-order chi connectivity index (χ0) is 17.3. The van der Waals surface area contributed by atoms with Crippen LogP contribution in [0.5, 0.6) is 5.75 Å². The fourth-order valence-electron chi connectivity index (χ4n) is 4.72. The first-order valence-corrected chi connectivity index (χ1v) is 9.51. The number of para-hydroxylation sites is 1. The van der Waals surface area contributed by atoms with Gasteiger partial charge >= 0.3 is 0 Å². The van der Waals surface area contributed by atoms with Gasteiger partial charge in [0.05, 0.1) is 6.04 Å². The Morgan fingerprint density at radius 1 is 1.19 bits per heavy atom. The molecule has 0 radical (unpaired) electrons. The molecule has 1 amide bonds. The van der Waals surface area contributed by atoms with Crippen LogP contribution in [0.2, 0.25) is 0 Å². The van der Waals surface area contributed by atoms with E-state index in [-0.39, 0.29) is 30.0 Å². The minimum absolute atomic E-state index is 0. The maximum atomic E-state index is 13.1. The highest BCUT2D eigenvalue weighted by Gasteiger charge is 2.46. The lowest BCUT2D eigenvalue weighted by atomic mass is 9.84. The summed E-state index contributed by atoms with van der Waals surface area (Å²) in [5, 5.41) is 6.62. The summed E-state index contributed by atoms with van der Waals surface area (Å²) in [5.74, 6) is 0.948. The Kier molecular flexibility index (Phi) is 5.80. The highest BCUT2D eigenvalue weighted by molar-refractivity contribution is 5.86. The molecule has 1 saturated heterocycles. The van der Waals surface area contributed by atoms with Crippen molar-refractivity contribution in [1.29, 1.82) is 0 Å². The second kappa shape index (κ2) is 7.75. The molecule has 1 saturated carbocycles. The molecule has 1 aliphatic carbocycles. The summed E-state index contributed by atoms with van der Waals surface area (Å²) in [5.41, 5.74) is 0.274. The first kappa shape index (κ1) is 19.5. The molecule has 2 fully saturated rings. The molecule has 1 aromatic carbocycles. The van der Waals surface area contributed by atoms with Gasteiger partial charge in [-0.05, 0) is 57.7 Å². The minimum atomic E-state index is -0.707. The molecular weight excluding hydrogens is 352 g/mol. The molecule has 2 aliphatic heterocycles. The maximum Gasteiger partial charge on any atom is 0.252 e. The number of piperidine rings is 1. The van der Waals surface area contributed by atoms with Gasteiger partial charge in [-0.3, -0.25) is 4.79 Å². The molecule has 0 bridgehead atoms. The van der Waals surface area contributed by atoms with Crippen LogP contribution in [0.4, 0.5) is 0 Å². The Morgan fingerprint density at radius 2 is 1.88 bits per heavy atom. The van der Waals surface area contributed by atoms with E-state index in [9.17, 15) is 4.79 Å². The number of nitrogens with one attached hydrogen (secondary N) is 2. The standard InChI is InChI=1S/C20H28N2O3.ClH/c1-24-20(10-12-21-13-11-20)18(23)22-16-14-19(8-4-5-9-19)25-17-7-3-2-6-15(16)17;/h2-3,6-7,16,21H,4-5,8-14H2,1H3,(H,22,23);1H. The molecule has 1 aromatic rings. The van der Waals surface area contributed by atoms with E-state index < -0.39 is 5.60 Å². The van der Waals surface area contributed by atoms with Crippen LogP contribution >= 0.6 is 12.4 Å². The number of benzene rings is 1. The molecule has 144 valence electrons. The van der Waals surface area contributed by atoms with Gasteiger partial charge in [-0.15, -0.1) is 12.4 Å². The number of halogens is 1. The molecular formula is C20H29ClN2O3. The number of hydrogen-bond acceptors (Lipinski definition) is 4. The summed E-state index contributed by atoms with van der Waals surface area (Å²) in [6, 6.07) is 8.13. The molecule has 6 heteroatoms. The van der Waals surface area contributed by atoms with Crippen molar-refractivity contribution in [2.24, 2.45) is 0 Å². The first-order chi connectivity index (χ1) is 12.2. The Hall–Kier alpha value is -1.30. The summed E-state index contributed by atoms with van der Waals surface area (Å²) in [6.45, 7) is 1.63. The van der Waals surface area contributed by atoms with E-state index in [1.165, 1.54) is 12.8 Å². The summed E-state index contributed by atoms with van der Waals surface area (Å²) < 4.78 is 12.1. The largest absolute Gasteiger partial charge is 0.487 e. The summed E-state index contributed by atoms with van der Waals surface area (Å²) in [7, 11) is 1.65. The predicted octanol–water partition coefficient (Wildman–Crippen LogP) is 3.13. The second-order valence-electron chi connectivity index (χ2n) is 7.71. The molecule has 1 atom stereocenters. The van der Waals surface area contributed by atoms with E-state index in [0.717, 1.165) is 43.7 Å². The number of rotatable bonds is 3. The van der Waals surface area contributed by atoms with Crippen molar-refractivity contribution in [1.82, 2.24) is 10.6 Å². The number of carbonyl (C=O) groups excluding carboxylic acids is 1. The molecule has 2 N–H and O–H groups in total. The number of ether oxygens (including phenoxy) is 2. The van der Waals surface area contributed by atoms with E-state index in [2.05, 4.69) is 16.7 Å². The minimum Gasteiger partial charge on any atom is -0.487 e. The lowest BCUT2D eigenvalue weighted by Gasteiger charge is -2.42. The average Bonchev–Trinajstić information content (AvgIpc) is 3.09. The van der Waals surface area contributed by atoms with Gasteiger partial charge in [-0.25, -0.2) is 0 Å². The molecule has 4 rings (SSSR count). The zero-order valence-corrected chi connectivity index (χ0v) is 16.2. The quantitative estimate of drug-likeness (QED) is 0.845. The highest BCUT2D eigenvalue weighted by Crippen LogP contribution is 2.47. The van der Waals surface area contributed by atoms with Gasteiger partial charge in [0.1, 0.15) is 17.0 Å². The lowest BCUT2D eigenvalue weighted by Crippen LogP contribution is -2.55. The van der Waals surface area contributed by atoms with Gasteiger partial charge in [0.15, 0.2) is 0 Å². The van der Waals surface area contributed by atoms with Crippen molar-refractivity contribution in [2.45, 2.75) is 62.2 Å². The summed E-state index contributed by atoms with van der Waals surface area (Å²) in [6.07, 6.45) is 6.84. The van der Waals surface area contributed by atoms with Gasteiger partial charge in [-0.2, -0.15) is 0 Å². The third-order valence-electron chi connectivity index (χ3n) is 6.23. The van der Waals surface area contributed by atoms with Crippen LogP contribution in [0.25, 0.3) is 0 Å². The molecule has 1 unspecified atom stereocenters. The van der Waals surface area contributed by atoms with Crippen molar-refractivity contribution >= 4 is 18.3 Å². The van der Waals surface area contributed by atoms with Crippen molar-refractivity contribution in [3.8, 4) is 5.75 Å². The van der Waals surface area contributed by atoms with Crippen LogP contribution in [0.3, 0.4) is 0 Å². The zero-order valence-electron chi connectivity index (χ0n) is 15.4. The fourth-order valence-corrected chi connectivity index (χ4v) is 4.72. The highest BCUT2D eigenvalue weighted by atomic mass is 35.5. The van der Waals surface area contributed by atoms with Gasteiger partial charge in [-0.1, -0.05) is 18.2 Å². The molecule has 2 heterocycles. The number of methoxy groups -OCH3 is 1. The van der Waals surface area contributed by atoms with E-state index in [1.807, 2.05) is 18.2 Å². The van der Waals surface area contributed by atoms with Gasteiger partial charge in [0.2, 0.25) is 0 Å². The third-order valence-corrected chi connectivity index (χ3v) is 6.23.